The number of hydrogen-bond acceptors (Lipinski definition) is 3. The summed E-state index contributed by atoms with van der Waals surface area (Å²) in [5, 5.41) is 2.97. The van der Waals surface area contributed by atoms with Crippen molar-refractivity contribution in [3.8, 4) is 0 Å². The third-order valence-electron chi connectivity index (χ3n) is 3.80. The number of aryl methyl sites for hydroxylation is 1. The van der Waals surface area contributed by atoms with Crippen LogP contribution in [0.5, 0.6) is 0 Å². The van der Waals surface area contributed by atoms with Gasteiger partial charge >= 0.3 is 0 Å². The van der Waals surface area contributed by atoms with Gasteiger partial charge in [0, 0.05) is 11.7 Å². The molecule has 0 aromatic carbocycles. The quantitative estimate of drug-likeness (QED) is 0.817. The number of hydrogen-bond donors (Lipinski definition) is 2. The molecular weight excluding hydrogens is 238 g/mol. The monoisotopic (exact) mass is 261 g/mol. The third-order valence-corrected chi connectivity index (χ3v) is 3.80. The highest BCUT2D eigenvalue weighted by Crippen LogP contribution is 2.22. The minimum Gasteiger partial charge on any atom is -0.350 e. The summed E-state index contributed by atoms with van der Waals surface area (Å²) < 4.78 is 0. The molecule has 104 valence electrons. The molecule has 2 rings (SSSR count). The second kappa shape index (κ2) is 6.66. The van der Waals surface area contributed by atoms with Crippen LogP contribution in [0.2, 0.25) is 0 Å². The van der Waals surface area contributed by atoms with Crippen molar-refractivity contribution in [2.75, 3.05) is 0 Å². The predicted octanol–water partition coefficient (Wildman–Crippen LogP) is 1.91. The van der Waals surface area contributed by atoms with E-state index in [1.165, 1.54) is 6.42 Å². The van der Waals surface area contributed by atoms with Crippen molar-refractivity contribution < 1.29 is 4.79 Å². The fourth-order valence-corrected chi connectivity index (χ4v) is 2.67. The summed E-state index contributed by atoms with van der Waals surface area (Å²) in [5.74, 6) is 0.0463. The SMILES string of the molecule is Cc1cccc(CNC(=O)C2CCCCCC2N)n1. The van der Waals surface area contributed by atoms with E-state index in [0.29, 0.717) is 6.54 Å². The number of pyridine rings is 1. The molecule has 0 saturated heterocycles. The topological polar surface area (TPSA) is 68.0 Å². The van der Waals surface area contributed by atoms with E-state index in [2.05, 4.69) is 10.3 Å². The van der Waals surface area contributed by atoms with Gasteiger partial charge in [0.15, 0.2) is 0 Å². The predicted molar refractivity (Wildman–Crippen MR) is 75.4 cm³/mol. The molecule has 3 N–H and O–H groups in total. The molecule has 1 aliphatic carbocycles. The van der Waals surface area contributed by atoms with E-state index in [1.54, 1.807) is 0 Å². The average molecular weight is 261 g/mol. The minimum absolute atomic E-state index is 0.00738. The molecule has 2 unspecified atom stereocenters. The highest BCUT2D eigenvalue weighted by atomic mass is 16.1. The van der Waals surface area contributed by atoms with Gasteiger partial charge in [0.2, 0.25) is 5.91 Å². The van der Waals surface area contributed by atoms with Gasteiger partial charge in [0.05, 0.1) is 18.2 Å². The van der Waals surface area contributed by atoms with Gasteiger partial charge in [-0.15, -0.1) is 0 Å². The lowest BCUT2D eigenvalue weighted by Crippen LogP contribution is -2.41. The van der Waals surface area contributed by atoms with Crippen LogP contribution in [0.4, 0.5) is 0 Å². The van der Waals surface area contributed by atoms with Crippen LogP contribution in [0, 0.1) is 12.8 Å². The first-order valence-corrected chi connectivity index (χ1v) is 7.12. The van der Waals surface area contributed by atoms with Crippen LogP contribution >= 0.6 is 0 Å². The summed E-state index contributed by atoms with van der Waals surface area (Å²) in [6.07, 6.45) is 5.31. The Hall–Kier alpha value is -1.42. The third kappa shape index (κ3) is 4.03. The second-order valence-electron chi connectivity index (χ2n) is 5.40. The van der Waals surface area contributed by atoms with Crippen molar-refractivity contribution in [2.24, 2.45) is 11.7 Å². The van der Waals surface area contributed by atoms with Gasteiger partial charge in [-0.05, 0) is 31.9 Å². The Morgan fingerprint density at radius 2 is 2.16 bits per heavy atom. The molecule has 0 aliphatic heterocycles. The first kappa shape index (κ1) is 14.0. The lowest BCUT2D eigenvalue weighted by Gasteiger charge is -2.20. The zero-order valence-electron chi connectivity index (χ0n) is 11.6. The molecule has 1 aromatic heterocycles. The summed E-state index contributed by atoms with van der Waals surface area (Å²) >= 11 is 0. The number of nitrogens with two attached hydrogens (primary N) is 1. The highest BCUT2D eigenvalue weighted by molar-refractivity contribution is 5.79. The fraction of sp³-hybridized carbons (Fsp3) is 0.600. The number of amides is 1. The molecule has 0 spiro atoms. The zero-order chi connectivity index (χ0) is 13.7. The minimum atomic E-state index is -0.0349. The van der Waals surface area contributed by atoms with Crippen molar-refractivity contribution in [3.05, 3.63) is 29.6 Å². The molecule has 1 fully saturated rings. The van der Waals surface area contributed by atoms with Crippen LogP contribution in [-0.2, 0) is 11.3 Å². The summed E-state index contributed by atoms with van der Waals surface area (Å²) in [6, 6.07) is 5.85. The Kier molecular flexibility index (Phi) is 4.91. The number of nitrogens with one attached hydrogen (secondary N) is 1. The normalized spacial score (nSPS) is 23.7. The molecular formula is C15H23N3O. The second-order valence-corrected chi connectivity index (χ2v) is 5.40. The van der Waals surface area contributed by atoms with E-state index in [9.17, 15) is 4.79 Å². The lowest BCUT2D eigenvalue weighted by atomic mass is 9.94. The van der Waals surface area contributed by atoms with Crippen LogP contribution in [0.15, 0.2) is 18.2 Å². The molecule has 1 saturated carbocycles. The van der Waals surface area contributed by atoms with Gasteiger partial charge < -0.3 is 11.1 Å². The summed E-state index contributed by atoms with van der Waals surface area (Å²) in [5.41, 5.74) is 7.97. The van der Waals surface area contributed by atoms with Crippen molar-refractivity contribution in [1.82, 2.24) is 10.3 Å². The van der Waals surface area contributed by atoms with Gasteiger partial charge in [-0.3, -0.25) is 9.78 Å². The number of rotatable bonds is 3. The average Bonchev–Trinajstić information content (AvgIpc) is 2.61. The van der Waals surface area contributed by atoms with Crippen LogP contribution in [0.3, 0.4) is 0 Å². The lowest BCUT2D eigenvalue weighted by molar-refractivity contribution is -0.126. The van der Waals surface area contributed by atoms with Crippen molar-refractivity contribution in [1.29, 1.82) is 0 Å². The van der Waals surface area contributed by atoms with Crippen molar-refractivity contribution in [3.63, 3.8) is 0 Å². The maximum atomic E-state index is 12.2. The Bertz CT molecular complexity index is 433. The molecule has 4 heteroatoms. The van der Waals surface area contributed by atoms with E-state index in [0.717, 1.165) is 37.1 Å². The molecule has 2 atom stereocenters. The van der Waals surface area contributed by atoms with Crippen LogP contribution in [-0.4, -0.2) is 16.9 Å². The Morgan fingerprint density at radius 1 is 1.37 bits per heavy atom. The number of aromatic nitrogens is 1. The molecule has 0 radical (unpaired) electrons. The highest BCUT2D eigenvalue weighted by Gasteiger charge is 2.26. The first-order valence-electron chi connectivity index (χ1n) is 7.12. The maximum absolute atomic E-state index is 12.2. The fourth-order valence-electron chi connectivity index (χ4n) is 2.67. The molecule has 4 nitrogen and oxygen atoms in total. The van der Waals surface area contributed by atoms with Crippen LogP contribution < -0.4 is 11.1 Å². The van der Waals surface area contributed by atoms with E-state index in [4.69, 9.17) is 5.73 Å². The molecule has 0 bridgehead atoms. The Labute approximate surface area is 114 Å². The molecule has 19 heavy (non-hydrogen) atoms. The molecule has 1 amide bonds. The number of nitrogens with zero attached hydrogens (tertiary/aromatic N) is 1. The van der Waals surface area contributed by atoms with Gasteiger partial charge in [-0.2, -0.15) is 0 Å². The van der Waals surface area contributed by atoms with E-state index < -0.39 is 0 Å². The van der Waals surface area contributed by atoms with Gasteiger partial charge in [0.1, 0.15) is 0 Å². The van der Waals surface area contributed by atoms with Crippen LogP contribution in [0.25, 0.3) is 0 Å². The summed E-state index contributed by atoms with van der Waals surface area (Å²) in [4.78, 5) is 16.6. The standard InChI is InChI=1S/C15H23N3O/c1-11-6-5-7-12(18-11)10-17-15(19)13-8-3-2-4-9-14(13)16/h5-7,13-14H,2-4,8-10,16H2,1H3,(H,17,19). The summed E-state index contributed by atoms with van der Waals surface area (Å²) in [6.45, 7) is 2.44. The molecule has 1 aromatic rings. The zero-order valence-corrected chi connectivity index (χ0v) is 11.6. The smallest absolute Gasteiger partial charge is 0.224 e. The van der Waals surface area contributed by atoms with E-state index in [1.807, 2.05) is 25.1 Å². The maximum Gasteiger partial charge on any atom is 0.224 e. The largest absolute Gasteiger partial charge is 0.350 e. The number of carbonyl (C=O) groups excluding carboxylic acids is 1. The Morgan fingerprint density at radius 3 is 2.95 bits per heavy atom. The first-order chi connectivity index (χ1) is 9.16. The van der Waals surface area contributed by atoms with Gasteiger partial charge in [-0.1, -0.05) is 25.3 Å². The van der Waals surface area contributed by atoms with Crippen LogP contribution in [0.1, 0.15) is 43.5 Å². The molecule has 1 heterocycles. The number of carbonyl (C=O) groups is 1. The summed E-state index contributed by atoms with van der Waals surface area (Å²) in [7, 11) is 0. The van der Waals surface area contributed by atoms with Gasteiger partial charge in [0.25, 0.3) is 0 Å². The van der Waals surface area contributed by atoms with Crippen molar-refractivity contribution in [2.45, 2.75) is 51.6 Å². The van der Waals surface area contributed by atoms with Crippen molar-refractivity contribution >= 4 is 5.91 Å². The van der Waals surface area contributed by atoms with Gasteiger partial charge in [-0.25, -0.2) is 0 Å². The van der Waals surface area contributed by atoms with E-state index in [-0.39, 0.29) is 17.9 Å². The Balaban J connectivity index is 1.89. The van der Waals surface area contributed by atoms with E-state index >= 15 is 0 Å². The molecule has 1 aliphatic rings.